The molecule has 0 aromatic heterocycles. The first-order valence-electron chi connectivity index (χ1n) is 10.5. The van der Waals surface area contributed by atoms with E-state index < -0.39 is 12.1 Å². The number of aromatic hydroxyl groups is 1. The van der Waals surface area contributed by atoms with Crippen molar-refractivity contribution in [1.29, 1.82) is 0 Å². The third kappa shape index (κ3) is 5.97. The van der Waals surface area contributed by atoms with E-state index in [0.717, 1.165) is 44.5 Å². The van der Waals surface area contributed by atoms with Crippen molar-refractivity contribution in [3.8, 4) is 5.75 Å². The van der Waals surface area contributed by atoms with E-state index in [1.165, 1.54) is 0 Å². The minimum Gasteiger partial charge on any atom is -0.507 e. The molecule has 0 aliphatic heterocycles. The number of anilines is 1. The van der Waals surface area contributed by atoms with Crippen LogP contribution in [0.15, 0.2) is 42.5 Å². The van der Waals surface area contributed by atoms with Crippen molar-refractivity contribution in [2.45, 2.75) is 52.6 Å². The number of aliphatic hydroxyl groups excluding tert-OH is 1. The van der Waals surface area contributed by atoms with Crippen LogP contribution in [0.1, 0.15) is 74.0 Å². The molecule has 0 bridgehead atoms. The first-order valence-corrected chi connectivity index (χ1v) is 10.5. The number of carbonyl (C=O) groups is 1. The van der Waals surface area contributed by atoms with Gasteiger partial charge in [0.15, 0.2) is 0 Å². The third-order valence-corrected chi connectivity index (χ3v) is 5.14. The molecule has 0 aliphatic rings. The summed E-state index contributed by atoms with van der Waals surface area (Å²) in [7, 11) is 0. The average Bonchev–Trinajstić information content (AvgIpc) is 2.74. The van der Waals surface area contributed by atoms with Gasteiger partial charge in [-0.05, 0) is 38.0 Å². The molecular weight excluding hydrogens is 366 g/mol. The van der Waals surface area contributed by atoms with Crippen LogP contribution in [0.4, 0.5) is 5.69 Å². The Morgan fingerprint density at radius 1 is 1.00 bits per heavy atom. The van der Waals surface area contributed by atoms with E-state index in [2.05, 4.69) is 11.8 Å². The van der Waals surface area contributed by atoms with Crippen molar-refractivity contribution in [1.82, 2.24) is 0 Å². The summed E-state index contributed by atoms with van der Waals surface area (Å²) in [5.41, 5.74) is 2.01. The normalized spacial score (nSPS) is 11.9. The second kappa shape index (κ2) is 11.5. The molecule has 0 heterocycles. The minimum absolute atomic E-state index is 0.00429. The Bertz CT molecular complexity index is 786. The van der Waals surface area contributed by atoms with Gasteiger partial charge in [-0.25, -0.2) is 4.79 Å². The highest BCUT2D eigenvalue weighted by Crippen LogP contribution is 2.34. The Hall–Kier alpha value is -2.53. The molecule has 2 aromatic rings. The largest absolute Gasteiger partial charge is 0.507 e. The number of aliphatic hydroxyl groups is 1. The van der Waals surface area contributed by atoms with Gasteiger partial charge in [0.1, 0.15) is 11.9 Å². The van der Waals surface area contributed by atoms with E-state index in [1.54, 1.807) is 36.4 Å². The lowest BCUT2D eigenvalue weighted by Crippen LogP contribution is -2.21. The van der Waals surface area contributed by atoms with Gasteiger partial charge in [0.25, 0.3) is 0 Å². The summed E-state index contributed by atoms with van der Waals surface area (Å²) in [6.45, 7) is 8.25. The van der Waals surface area contributed by atoms with Gasteiger partial charge in [0.2, 0.25) is 0 Å². The molecule has 0 aliphatic carbocycles. The van der Waals surface area contributed by atoms with Crippen LogP contribution in [0.25, 0.3) is 0 Å². The van der Waals surface area contributed by atoms with Crippen molar-refractivity contribution in [3.05, 3.63) is 59.2 Å². The van der Waals surface area contributed by atoms with Crippen LogP contribution in [0.5, 0.6) is 5.75 Å². The summed E-state index contributed by atoms with van der Waals surface area (Å²) in [5.74, 6) is -0.444. The summed E-state index contributed by atoms with van der Waals surface area (Å²) in [6.07, 6.45) is 2.98. The molecular formula is C24H33NO4. The van der Waals surface area contributed by atoms with Crippen molar-refractivity contribution in [2.75, 3.05) is 24.6 Å². The maximum atomic E-state index is 12.5. The number of hydrogen-bond donors (Lipinski definition) is 2. The molecule has 2 rings (SSSR count). The Kier molecular flexibility index (Phi) is 9.00. The van der Waals surface area contributed by atoms with E-state index in [0.29, 0.717) is 23.3 Å². The SMILES string of the molecule is CCCCCCOC(=O)c1ccccc1C(O)c1ccc(N(CC)CC)cc1O. The number of carbonyl (C=O) groups excluding carboxylic acids is 1. The standard InChI is InChI=1S/C24H33NO4/c1-4-7-8-11-16-29-24(28)20-13-10-9-12-19(20)23(27)21-15-14-18(17-22(21)26)25(5-2)6-3/h9-10,12-15,17,23,26-27H,4-8,11,16H2,1-3H3. The summed E-state index contributed by atoms with van der Waals surface area (Å²) < 4.78 is 5.39. The van der Waals surface area contributed by atoms with Gasteiger partial charge in [0, 0.05) is 30.4 Å². The van der Waals surface area contributed by atoms with Gasteiger partial charge in [-0.15, -0.1) is 0 Å². The van der Waals surface area contributed by atoms with Gasteiger partial charge < -0.3 is 19.8 Å². The van der Waals surface area contributed by atoms with Crippen molar-refractivity contribution in [2.24, 2.45) is 0 Å². The Labute approximate surface area is 173 Å². The lowest BCUT2D eigenvalue weighted by molar-refractivity contribution is 0.0492. The lowest BCUT2D eigenvalue weighted by Gasteiger charge is -2.23. The summed E-state index contributed by atoms with van der Waals surface area (Å²) in [5, 5.41) is 21.4. The van der Waals surface area contributed by atoms with Crippen molar-refractivity contribution >= 4 is 11.7 Å². The van der Waals surface area contributed by atoms with E-state index in [1.807, 2.05) is 19.9 Å². The molecule has 0 fully saturated rings. The Balaban J connectivity index is 2.19. The minimum atomic E-state index is -1.12. The van der Waals surface area contributed by atoms with E-state index in [4.69, 9.17) is 4.74 Å². The number of esters is 1. The van der Waals surface area contributed by atoms with Crippen LogP contribution < -0.4 is 4.90 Å². The first-order chi connectivity index (χ1) is 14.0. The summed E-state index contributed by atoms with van der Waals surface area (Å²) in [6, 6.07) is 12.1. The monoisotopic (exact) mass is 399 g/mol. The summed E-state index contributed by atoms with van der Waals surface area (Å²) >= 11 is 0. The number of hydrogen-bond acceptors (Lipinski definition) is 5. The molecule has 0 amide bonds. The van der Waals surface area contributed by atoms with Gasteiger partial charge >= 0.3 is 5.97 Å². The highest BCUT2D eigenvalue weighted by Gasteiger charge is 2.22. The second-order valence-corrected chi connectivity index (χ2v) is 7.10. The number of ether oxygens (including phenoxy) is 1. The molecule has 0 saturated heterocycles. The quantitative estimate of drug-likeness (QED) is 0.408. The molecule has 5 heteroatoms. The van der Waals surface area contributed by atoms with Gasteiger partial charge in [0.05, 0.1) is 12.2 Å². The second-order valence-electron chi connectivity index (χ2n) is 7.10. The van der Waals surface area contributed by atoms with Crippen molar-refractivity contribution in [3.63, 3.8) is 0 Å². The number of unbranched alkanes of at least 4 members (excludes halogenated alkanes) is 3. The molecule has 0 saturated carbocycles. The third-order valence-electron chi connectivity index (χ3n) is 5.14. The Morgan fingerprint density at radius 3 is 2.38 bits per heavy atom. The maximum absolute atomic E-state index is 12.5. The molecule has 5 nitrogen and oxygen atoms in total. The predicted molar refractivity (Wildman–Crippen MR) is 117 cm³/mol. The molecule has 2 N–H and O–H groups in total. The number of benzene rings is 2. The lowest BCUT2D eigenvalue weighted by atomic mass is 9.96. The van der Waals surface area contributed by atoms with Crippen LogP contribution >= 0.6 is 0 Å². The molecule has 0 radical (unpaired) electrons. The molecule has 2 aromatic carbocycles. The zero-order valence-corrected chi connectivity index (χ0v) is 17.7. The van der Waals surface area contributed by atoms with Gasteiger partial charge in [-0.3, -0.25) is 0 Å². The highest BCUT2D eigenvalue weighted by molar-refractivity contribution is 5.91. The fraction of sp³-hybridized carbons (Fsp3) is 0.458. The zero-order valence-electron chi connectivity index (χ0n) is 17.7. The van der Waals surface area contributed by atoms with E-state index in [9.17, 15) is 15.0 Å². The number of rotatable bonds is 11. The molecule has 158 valence electrons. The van der Waals surface area contributed by atoms with E-state index in [-0.39, 0.29) is 5.75 Å². The fourth-order valence-electron chi connectivity index (χ4n) is 3.41. The molecule has 1 atom stereocenters. The van der Waals surface area contributed by atoms with Crippen LogP contribution in [0.2, 0.25) is 0 Å². The molecule has 29 heavy (non-hydrogen) atoms. The topological polar surface area (TPSA) is 70.0 Å². The van der Waals surface area contributed by atoms with Gasteiger partial charge in [-0.2, -0.15) is 0 Å². The van der Waals surface area contributed by atoms with Crippen LogP contribution in [0, 0.1) is 0 Å². The van der Waals surface area contributed by atoms with Crippen LogP contribution in [-0.4, -0.2) is 35.9 Å². The van der Waals surface area contributed by atoms with Crippen LogP contribution in [0.3, 0.4) is 0 Å². The summed E-state index contributed by atoms with van der Waals surface area (Å²) in [4.78, 5) is 14.6. The Morgan fingerprint density at radius 2 is 1.72 bits per heavy atom. The van der Waals surface area contributed by atoms with Gasteiger partial charge in [-0.1, -0.05) is 50.5 Å². The smallest absolute Gasteiger partial charge is 0.338 e. The zero-order chi connectivity index (χ0) is 21.2. The molecule has 0 spiro atoms. The van der Waals surface area contributed by atoms with E-state index >= 15 is 0 Å². The highest BCUT2D eigenvalue weighted by atomic mass is 16.5. The maximum Gasteiger partial charge on any atom is 0.338 e. The fourth-order valence-corrected chi connectivity index (χ4v) is 3.41. The predicted octanol–water partition coefficient (Wildman–Crippen LogP) is 5.06. The average molecular weight is 400 g/mol. The van der Waals surface area contributed by atoms with Crippen molar-refractivity contribution < 1.29 is 19.7 Å². The number of phenolic OH excluding ortho intramolecular Hbond substituents is 1. The number of nitrogens with zero attached hydrogens (tertiary/aromatic N) is 1. The molecule has 1 unspecified atom stereocenters. The first kappa shape index (κ1) is 22.8. The number of phenols is 1. The van der Waals surface area contributed by atoms with Crippen LogP contribution in [-0.2, 0) is 4.74 Å².